The number of hydrogen-bond acceptors (Lipinski definition) is 3. The molecule has 0 aliphatic heterocycles. The molecule has 5 N–H and O–H groups in total. The van der Waals surface area contributed by atoms with Gasteiger partial charge in [-0.2, -0.15) is 13.2 Å². The van der Waals surface area contributed by atoms with Crippen LogP contribution in [-0.4, -0.2) is 29.3 Å². The molecule has 0 saturated heterocycles. The maximum absolute atomic E-state index is 11.7. The summed E-state index contributed by atoms with van der Waals surface area (Å²) in [6.45, 7) is -1.27. The molecule has 7 heteroatoms. The number of rotatable bonds is 2. The Hall–Kier alpha value is -0.820. The zero-order valence-corrected chi connectivity index (χ0v) is 5.35. The molecule has 1 amide bonds. The van der Waals surface area contributed by atoms with E-state index in [2.05, 4.69) is 11.5 Å². The van der Waals surface area contributed by atoms with Crippen molar-refractivity contribution < 1.29 is 23.1 Å². The molecular weight excluding hydrogens is 165 g/mol. The van der Waals surface area contributed by atoms with Gasteiger partial charge >= 0.3 is 6.18 Å². The number of carbonyl (C=O) groups is 1. The summed E-state index contributed by atoms with van der Waals surface area (Å²) in [6.07, 6.45) is -5.12. The average molecular weight is 172 g/mol. The van der Waals surface area contributed by atoms with Crippen LogP contribution in [0, 0.1) is 0 Å². The van der Waals surface area contributed by atoms with Gasteiger partial charge in [0.2, 0.25) is 0 Å². The van der Waals surface area contributed by atoms with E-state index < -0.39 is 24.2 Å². The van der Waals surface area contributed by atoms with E-state index in [0.29, 0.717) is 0 Å². The van der Waals surface area contributed by atoms with Gasteiger partial charge in [0.15, 0.2) is 0 Å². The van der Waals surface area contributed by atoms with E-state index in [0.717, 1.165) is 0 Å². The van der Waals surface area contributed by atoms with Crippen molar-refractivity contribution in [3.8, 4) is 0 Å². The maximum atomic E-state index is 11.7. The Morgan fingerprint density at radius 3 is 1.82 bits per heavy atom. The standard InChI is InChI=1S/C4H7F3N2O2/c5-4(6,7)3(11,1-8)2(9)10/h11H,1,8H2,(H2,9,10)/t3-/m1/s1. The van der Waals surface area contributed by atoms with Crippen LogP contribution in [0.2, 0.25) is 0 Å². The molecule has 0 aliphatic carbocycles. The van der Waals surface area contributed by atoms with Gasteiger partial charge in [-0.3, -0.25) is 4.79 Å². The monoisotopic (exact) mass is 172 g/mol. The first-order valence-corrected chi connectivity index (χ1v) is 2.55. The molecule has 0 aromatic heterocycles. The Morgan fingerprint density at radius 1 is 1.45 bits per heavy atom. The molecule has 0 unspecified atom stereocenters. The smallest absolute Gasteiger partial charge is 0.372 e. The summed E-state index contributed by atoms with van der Waals surface area (Å²) in [5.74, 6) is -1.90. The fraction of sp³-hybridized carbons (Fsp3) is 0.750. The minimum atomic E-state index is -5.12. The number of primary amides is 1. The van der Waals surface area contributed by atoms with E-state index in [4.69, 9.17) is 5.11 Å². The van der Waals surface area contributed by atoms with E-state index in [1.54, 1.807) is 0 Å². The van der Waals surface area contributed by atoms with Crippen molar-refractivity contribution in [1.82, 2.24) is 0 Å². The normalized spacial score (nSPS) is 17.5. The van der Waals surface area contributed by atoms with Crippen molar-refractivity contribution in [1.29, 1.82) is 0 Å². The van der Waals surface area contributed by atoms with Gasteiger partial charge in [-0.1, -0.05) is 0 Å². The lowest BCUT2D eigenvalue weighted by Gasteiger charge is -2.24. The van der Waals surface area contributed by atoms with Crippen molar-refractivity contribution in [3.05, 3.63) is 0 Å². The van der Waals surface area contributed by atoms with Crippen molar-refractivity contribution in [2.24, 2.45) is 11.5 Å². The van der Waals surface area contributed by atoms with Crippen molar-refractivity contribution >= 4 is 5.91 Å². The van der Waals surface area contributed by atoms with Crippen LogP contribution in [0.5, 0.6) is 0 Å². The Labute approximate surface area is 60.0 Å². The summed E-state index contributed by atoms with van der Waals surface area (Å²) in [7, 11) is 0. The summed E-state index contributed by atoms with van der Waals surface area (Å²) < 4.78 is 35.2. The van der Waals surface area contributed by atoms with Crippen LogP contribution < -0.4 is 11.5 Å². The van der Waals surface area contributed by atoms with Crippen LogP contribution in [0.15, 0.2) is 0 Å². The second-order valence-corrected chi connectivity index (χ2v) is 1.93. The van der Waals surface area contributed by atoms with E-state index in [1.807, 2.05) is 0 Å². The Bertz CT molecular complexity index is 169. The topological polar surface area (TPSA) is 89.3 Å². The number of nitrogens with two attached hydrogens (primary N) is 2. The molecule has 11 heavy (non-hydrogen) atoms. The van der Waals surface area contributed by atoms with Crippen molar-refractivity contribution in [3.63, 3.8) is 0 Å². The highest BCUT2D eigenvalue weighted by molar-refractivity contribution is 5.84. The van der Waals surface area contributed by atoms with Crippen LogP contribution >= 0.6 is 0 Å². The number of hydrogen-bond donors (Lipinski definition) is 3. The quantitative estimate of drug-likeness (QED) is 0.484. The molecule has 1 atom stereocenters. The fourth-order valence-electron chi connectivity index (χ4n) is 0.356. The molecule has 0 fully saturated rings. The third-order valence-electron chi connectivity index (χ3n) is 1.17. The first-order valence-electron chi connectivity index (χ1n) is 2.55. The maximum Gasteiger partial charge on any atom is 0.427 e. The molecule has 0 rings (SSSR count). The molecule has 0 aromatic carbocycles. The lowest BCUT2D eigenvalue weighted by atomic mass is 10.0. The highest BCUT2D eigenvalue weighted by Gasteiger charge is 2.57. The Kier molecular flexibility index (Phi) is 2.47. The summed E-state index contributed by atoms with van der Waals surface area (Å²) in [5.41, 5.74) is 5.20. The number of aliphatic hydroxyl groups is 1. The summed E-state index contributed by atoms with van der Waals surface area (Å²) in [5, 5.41) is 8.51. The first-order chi connectivity index (χ1) is 4.75. The number of carbonyl (C=O) groups excluding carboxylic acids is 1. The van der Waals surface area contributed by atoms with Crippen molar-refractivity contribution in [2.45, 2.75) is 11.8 Å². The van der Waals surface area contributed by atoms with Crippen LogP contribution in [0.3, 0.4) is 0 Å². The lowest BCUT2D eigenvalue weighted by molar-refractivity contribution is -0.246. The second kappa shape index (κ2) is 2.67. The Morgan fingerprint density at radius 2 is 1.82 bits per heavy atom. The predicted octanol–water partition coefficient (Wildman–Crippen LogP) is -1.28. The lowest BCUT2D eigenvalue weighted by Crippen LogP contribution is -2.60. The van der Waals surface area contributed by atoms with Gasteiger partial charge in [-0.05, 0) is 0 Å². The first kappa shape index (κ1) is 10.2. The fourth-order valence-corrected chi connectivity index (χ4v) is 0.356. The van der Waals surface area contributed by atoms with Crippen LogP contribution in [-0.2, 0) is 4.79 Å². The summed E-state index contributed by atoms with van der Waals surface area (Å²) >= 11 is 0. The van der Waals surface area contributed by atoms with Gasteiger partial charge in [0.05, 0.1) is 0 Å². The zero-order valence-electron chi connectivity index (χ0n) is 5.35. The largest absolute Gasteiger partial charge is 0.427 e. The van der Waals surface area contributed by atoms with E-state index in [1.165, 1.54) is 0 Å². The summed E-state index contributed by atoms with van der Waals surface area (Å²) in [4.78, 5) is 10.1. The zero-order chi connectivity index (χ0) is 9.28. The van der Waals surface area contributed by atoms with Gasteiger partial charge in [0.1, 0.15) is 0 Å². The number of halogens is 3. The van der Waals surface area contributed by atoms with Crippen molar-refractivity contribution in [2.75, 3.05) is 6.54 Å². The Balaban J connectivity index is 4.75. The van der Waals surface area contributed by atoms with Crippen LogP contribution in [0.4, 0.5) is 13.2 Å². The molecule has 0 radical (unpaired) electrons. The van der Waals surface area contributed by atoms with Crippen LogP contribution in [0.1, 0.15) is 0 Å². The molecule has 0 spiro atoms. The summed E-state index contributed by atoms with van der Waals surface area (Å²) in [6, 6.07) is 0. The van der Waals surface area contributed by atoms with Gasteiger partial charge in [-0.15, -0.1) is 0 Å². The van der Waals surface area contributed by atoms with Gasteiger partial charge < -0.3 is 16.6 Å². The van der Waals surface area contributed by atoms with E-state index in [-0.39, 0.29) is 0 Å². The molecule has 0 heterocycles. The molecule has 0 saturated carbocycles. The minimum Gasteiger partial charge on any atom is -0.372 e. The second-order valence-electron chi connectivity index (χ2n) is 1.93. The third kappa shape index (κ3) is 1.60. The number of alkyl halides is 3. The van der Waals surface area contributed by atoms with Crippen LogP contribution in [0.25, 0.3) is 0 Å². The van der Waals surface area contributed by atoms with E-state index in [9.17, 15) is 18.0 Å². The average Bonchev–Trinajstić information content (AvgIpc) is 1.83. The van der Waals surface area contributed by atoms with Gasteiger partial charge in [-0.25, -0.2) is 0 Å². The third-order valence-corrected chi connectivity index (χ3v) is 1.17. The highest BCUT2D eigenvalue weighted by atomic mass is 19.4. The van der Waals surface area contributed by atoms with Gasteiger partial charge in [0.25, 0.3) is 11.5 Å². The van der Waals surface area contributed by atoms with Gasteiger partial charge in [0, 0.05) is 6.54 Å². The number of amides is 1. The SMILES string of the molecule is NC[C@@](O)(C(N)=O)C(F)(F)F. The minimum absolute atomic E-state index is 1.27. The molecule has 0 bridgehead atoms. The molecule has 4 nitrogen and oxygen atoms in total. The molecular formula is C4H7F3N2O2. The molecule has 0 aromatic rings. The van der Waals surface area contributed by atoms with E-state index >= 15 is 0 Å². The molecule has 66 valence electrons. The predicted molar refractivity (Wildman–Crippen MR) is 29.3 cm³/mol. The highest BCUT2D eigenvalue weighted by Crippen LogP contribution is 2.28. The molecule has 0 aliphatic rings.